The zero-order valence-electron chi connectivity index (χ0n) is 10.5. The summed E-state index contributed by atoms with van der Waals surface area (Å²) >= 11 is 5.13. The predicted molar refractivity (Wildman–Crippen MR) is 77.5 cm³/mol. The molecule has 1 aromatic rings. The van der Waals surface area contributed by atoms with E-state index in [-0.39, 0.29) is 0 Å². The molecule has 92 valence electrons. The molecule has 3 heteroatoms. The highest BCUT2D eigenvalue weighted by molar-refractivity contribution is 7.80. The van der Waals surface area contributed by atoms with Crippen LogP contribution in [0.1, 0.15) is 32.3 Å². The molecular formula is C14H20N2S. The SMILES string of the molecule is CC1CCN(c2ccccc2C(N)=S)C(C)C1. The van der Waals surface area contributed by atoms with Crippen molar-refractivity contribution in [1.29, 1.82) is 0 Å². The van der Waals surface area contributed by atoms with Crippen LogP contribution in [0.2, 0.25) is 0 Å². The molecule has 1 saturated heterocycles. The number of thiocarbonyl (C=S) groups is 1. The first-order valence-corrected chi connectivity index (χ1v) is 6.66. The fourth-order valence-corrected chi connectivity index (χ4v) is 2.87. The maximum atomic E-state index is 5.80. The topological polar surface area (TPSA) is 29.3 Å². The Hall–Kier alpha value is -1.09. The number of piperidine rings is 1. The Balaban J connectivity index is 2.30. The van der Waals surface area contributed by atoms with E-state index in [9.17, 15) is 0 Å². The van der Waals surface area contributed by atoms with E-state index in [1.165, 1.54) is 18.5 Å². The van der Waals surface area contributed by atoms with Crippen molar-refractivity contribution in [1.82, 2.24) is 0 Å². The van der Waals surface area contributed by atoms with Gasteiger partial charge in [-0.1, -0.05) is 31.3 Å². The van der Waals surface area contributed by atoms with Crippen molar-refractivity contribution in [2.45, 2.75) is 32.7 Å². The molecule has 0 aliphatic carbocycles. The molecule has 2 rings (SSSR count). The van der Waals surface area contributed by atoms with Crippen LogP contribution in [0.25, 0.3) is 0 Å². The molecule has 0 bridgehead atoms. The predicted octanol–water partition coefficient (Wildman–Crippen LogP) is 2.95. The van der Waals surface area contributed by atoms with Gasteiger partial charge in [-0.25, -0.2) is 0 Å². The van der Waals surface area contributed by atoms with Gasteiger partial charge in [0.1, 0.15) is 4.99 Å². The molecule has 0 spiro atoms. The van der Waals surface area contributed by atoms with E-state index in [0.717, 1.165) is 18.0 Å². The fourth-order valence-electron chi connectivity index (χ4n) is 2.70. The van der Waals surface area contributed by atoms with Crippen LogP contribution in [0.15, 0.2) is 24.3 Å². The lowest BCUT2D eigenvalue weighted by molar-refractivity contribution is 0.378. The molecule has 1 heterocycles. The molecule has 2 N–H and O–H groups in total. The maximum absolute atomic E-state index is 5.80. The molecule has 0 saturated carbocycles. The standard InChI is InChI=1S/C14H20N2S/c1-10-7-8-16(11(2)9-10)13-6-4-3-5-12(13)14(15)17/h3-6,10-11H,7-9H2,1-2H3,(H2,15,17). The second-order valence-electron chi connectivity index (χ2n) is 5.05. The molecule has 0 aromatic heterocycles. The zero-order chi connectivity index (χ0) is 12.4. The first-order valence-electron chi connectivity index (χ1n) is 6.25. The summed E-state index contributed by atoms with van der Waals surface area (Å²) in [4.78, 5) is 2.93. The average molecular weight is 248 g/mol. The molecule has 0 radical (unpaired) electrons. The summed E-state index contributed by atoms with van der Waals surface area (Å²) in [6.45, 7) is 5.71. The van der Waals surface area contributed by atoms with Gasteiger partial charge in [-0.2, -0.15) is 0 Å². The monoisotopic (exact) mass is 248 g/mol. The van der Waals surface area contributed by atoms with Crippen LogP contribution >= 0.6 is 12.2 Å². The van der Waals surface area contributed by atoms with Crippen molar-refractivity contribution < 1.29 is 0 Å². The molecule has 1 aliphatic heterocycles. The van der Waals surface area contributed by atoms with Gasteiger partial charge >= 0.3 is 0 Å². The fraction of sp³-hybridized carbons (Fsp3) is 0.500. The van der Waals surface area contributed by atoms with Gasteiger partial charge in [-0.3, -0.25) is 0 Å². The summed E-state index contributed by atoms with van der Waals surface area (Å²) in [5.41, 5.74) is 8.00. The van der Waals surface area contributed by atoms with E-state index in [1.807, 2.05) is 12.1 Å². The largest absolute Gasteiger partial charge is 0.389 e. The Morgan fingerprint density at radius 3 is 2.71 bits per heavy atom. The van der Waals surface area contributed by atoms with Gasteiger partial charge in [0.2, 0.25) is 0 Å². The van der Waals surface area contributed by atoms with Gasteiger partial charge in [0.15, 0.2) is 0 Å². The van der Waals surface area contributed by atoms with Crippen LogP contribution in [0.3, 0.4) is 0 Å². The third-order valence-electron chi connectivity index (χ3n) is 3.62. The first-order chi connectivity index (χ1) is 8.09. The number of anilines is 1. The lowest BCUT2D eigenvalue weighted by Gasteiger charge is -2.39. The second kappa shape index (κ2) is 5.05. The Morgan fingerprint density at radius 1 is 1.35 bits per heavy atom. The van der Waals surface area contributed by atoms with Crippen LogP contribution in [-0.2, 0) is 0 Å². The number of hydrogen-bond donors (Lipinski definition) is 1. The molecule has 2 atom stereocenters. The molecule has 17 heavy (non-hydrogen) atoms. The van der Waals surface area contributed by atoms with Gasteiger partial charge in [-0.15, -0.1) is 0 Å². The Kier molecular flexibility index (Phi) is 3.67. The van der Waals surface area contributed by atoms with Crippen molar-refractivity contribution in [3.63, 3.8) is 0 Å². The molecule has 1 aromatic carbocycles. The number of nitrogens with zero attached hydrogens (tertiary/aromatic N) is 1. The van der Waals surface area contributed by atoms with Crippen molar-refractivity contribution in [3.05, 3.63) is 29.8 Å². The molecule has 1 aliphatic rings. The van der Waals surface area contributed by atoms with E-state index < -0.39 is 0 Å². The molecule has 0 amide bonds. The second-order valence-corrected chi connectivity index (χ2v) is 5.49. The van der Waals surface area contributed by atoms with Gasteiger partial charge in [-0.05, 0) is 37.8 Å². The minimum atomic E-state index is 0.492. The Labute approximate surface area is 109 Å². The average Bonchev–Trinajstić information content (AvgIpc) is 2.29. The highest BCUT2D eigenvalue weighted by Gasteiger charge is 2.24. The lowest BCUT2D eigenvalue weighted by Crippen LogP contribution is -2.41. The molecule has 2 nitrogen and oxygen atoms in total. The van der Waals surface area contributed by atoms with Crippen molar-refractivity contribution in [3.8, 4) is 0 Å². The van der Waals surface area contributed by atoms with Crippen LogP contribution in [0.4, 0.5) is 5.69 Å². The third kappa shape index (κ3) is 2.60. The van der Waals surface area contributed by atoms with Crippen LogP contribution < -0.4 is 10.6 Å². The summed E-state index contributed by atoms with van der Waals surface area (Å²) in [6.07, 6.45) is 2.49. The molecule has 2 unspecified atom stereocenters. The highest BCUT2D eigenvalue weighted by atomic mass is 32.1. The van der Waals surface area contributed by atoms with Crippen LogP contribution in [0.5, 0.6) is 0 Å². The summed E-state index contributed by atoms with van der Waals surface area (Å²) in [6, 6.07) is 8.76. The Morgan fingerprint density at radius 2 is 2.06 bits per heavy atom. The van der Waals surface area contributed by atoms with Crippen molar-refractivity contribution in [2.75, 3.05) is 11.4 Å². The summed E-state index contributed by atoms with van der Waals surface area (Å²) in [5, 5.41) is 0. The highest BCUT2D eigenvalue weighted by Crippen LogP contribution is 2.30. The van der Waals surface area contributed by atoms with Gasteiger partial charge in [0.05, 0.1) is 0 Å². The quantitative estimate of drug-likeness (QED) is 0.816. The minimum absolute atomic E-state index is 0.492. The zero-order valence-corrected chi connectivity index (χ0v) is 11.3. The smallest absolute Gasteiger partial charge is 0.106 e. The summed E-state index contributed by atoms with van der Waals surface area (Å²) in [5.74, 6) is 0.818. The van der Waals surface area contributed by atoms with Crippen LogP contribution in [-0.4, -0.2) is 17.6 Å². The number of rotatable bonds is 2. The summed E-state index contributed by atoms with van der Waals surface area (Å²) < 4.78 is 0. The van der Waals surface area contributed by atoms with E-state index in [1.54, 1.807) is 0 Å². The number of benzene rings is 1. The first kappa shape index (κ1) is 12.4. The van der Waals surface area contributed by atoms with Crippen LogP contribution in [0, 0.1) is 5.92 Å². The van der Waals surface area contributed by atoms with E-state index >= 15 is 0 Å². The van der Waals surface area contributed by atoms with E-state index in [4.69, 9.17) is 18.0 Å². The van der Waals surface area contributed by atoms with E-state index in [2.05, 4.69) is 30.9 Å². The lowest BCUT2D eigenvalue weighted by atomic mass is 9.92. The minimum Gasteiger partial charge on any atom is -0.389 e. The Bertz CT molecular complexity index is 416. The maximum Gasteiger partial charge on any atom is 0.106 e. The van der Waals surface area contributed by atoms with Gasteiger partial charge in [0.25, 0.3) is 0 Å². The van der Waals surface area contributed by atoms with Crippen molar-refractivity contribution >= 4 is 22.9 Å². The summed E-state index contributed by atoms with van der Waals surface area (Å²) in [7, 11) is 0. The number of hydrogen-bond acceptors (Lipinski definition) is 2. The molecule has 1 fully saturated rings. The van der Waals surface area contributed by atoms with Crippen molar-refractivity contribution in [2.24, 2.45) is 11.7 Å². The number of nitrogens with two attached hydrogens (primary N) is 1. The normalized spacial score (nSPS) is 24.7. The van der Waals surface area contributed by atoms with E-state index in [0.29, 0.717) is 11.0 Å². The third-order valence-corrected chi connectivity index (χ3v) is 3.84. The molecular weight excluding hydrogens is 228 g/mol. The number of para-hydroxylation sites is 1. The van der Waals surface area contributed by atoms with Gasteiger partial charge < -0.3 is 10.6 Å². The van der Waals surface area contributed by atoms with Gasteiger partial charge in [0, 0.05) is 23.8 Å².